The Morgan fingerprint density at radius 3 is 2.23 bits per heavy atom. The molecule has 2 heterocycles. The number of rotatable bonds is 8. The first kappa shape index (κ1) is 24.2. The predicted molar refractivity (Wildman–Crippen MR) is 139 cm³/mol. The summed E-state index contributed by atoms with van der Waals surface area (Å²) in [5, 5.41) is 3.06. The molecule has 1 amide bonds. The van der Waals surface area contributed by atoms with E-state index in [1.54, 1.807) is 22.9 Å². The minimum Gasteiger partial charge on any atom is -0.348 e. The normalized spacial score (nSPS) is 11.0. The van der Waals surface area contributed by atoms with Crippen molar-refractivity contribution < 1.29 is 4.79 Å². The third kappa shape index (κ3) is 5.61. The Morgan fingerprint density at radius 2 is 1.57 bits per heavy atom. The van der Waals surface area contributed by atoms with E-state index in [0.29, 0.717) is 31.7 Å². The summed E-state index contributed by atoms with van der Waals surface area (Å²) in [5.74, 6) is -0.0738. The highest BCUT2D eigenvalue weighted by Crippen LogP contribution is 2.18. The first-order chi connectivity index (χ1) is 16.9. The van der Waals surface area contributed by atoms with Gasteiger partial charge in [-0.1, -0.05) is 48.5 Å². The molecule has 6 nitrogen and oxygen atoms in total. The van der Waals surface area contributed by atoms with E-state index in [2.05, 4.69) is 40.2 Å². The van der Waals surface area contributed by atoms with E-state index in [1.165, 1.54) is 0 Å². The van der Waals surface area contributed by atoms with Gasteiger partial charge in [-0.2, -0.15) is 0 Å². The summed E-state index contributed by atoms with van der Waals surface area (Å²) in [4.78, 5) is 24.9. The summed E-state index contributed by atoms with van der Waals surface area (Å²) >= 11 is 0. The molecular formula is C29H32N4O2. The van der Waals surface area contributed by atoms with Crippen molar-refractivity contribution in [1.82, 2.24) is 14.5 Å². The van der Waals surface area contributed by atoms with Gasteiger partial charge in [0.15, 0.2) is 0 Å². The number of carbonyl (C=O) groups excluding carboxylic acids is 1. The summed E-state index contributed by atoms with van der Waals surface area (Å²) < 4.78 is 3.85. The first-order valence-corrected chi connectivity index (χ1v) is 11.8. The summed E-state index contributed by atoms with van der Waals surface area (Å²) in [6.45, 7) is 8.25. The zero-order valence-electron chi connectivity index (χ0n) is 20.5. The Balaban J connectivity index is 1.43. The highest BCUT2D eigenvalue weighted by atomic mass is 16.1. The fourth-order valence-corrected chi connectivity index (χ4v) is 4.35. The minimum atomic E-state index is -0.0738. The van der Waals surface area contributed by atoms with Gasteiger partial charge in [-0.3, -0.25) is 9.59 Å². The fourth-order valence-electron chi connectivity index (χ4n) is 4.35. The SMILES string of the molecule is Cc1cc(CN)ccc1CNC(=O)c1cc(C)n(Cc2ccc(Cn3ccccc3=O)cc2)c1C. The molecule has 4 rings (SSSR count). The Morgan fingerprint density at radius 1 is 0.886 bits per heavy atom. The maximum atomic E-state index is 13.0. The number of nitrogens with one attached hydrogen (secondary N) is 1. The van der Waals surface area contributed by atoms with E-state index in [0.717, 1.165) is 39.2 Å². The van der Waals surface area contributed by atoms with Crippen molar-refractivity contribution in [3.63, 3.8) is 0 Å². The smallest absolute Gasteiger partial charge is 0.253 e. The van der Waals surface area contributed by atoms with Gasteiger partial charge >= 0.3 is 0 Å². The summed E-state index contributed by atoms with van der Waals surface area (Å²) in [6.07, 6.45) is 1.80. The zero-order chi connectivity index (χ0) is 24.9. The average molecular weight is 469 g/mol. The van der Waals surface area contributed by atoms with E-state index in [9.17, 15) is 9.59 Å². The number of aryl methyl sites for hydroxylation is 2. The van der Waals surface area contributed by atoms with Crippen molar-refractivity contribution in [3.8, 4) is 0 Å². The van der Waals surface area contributed by atoms with Gasteiger partial charge in [0.25, 0.3) is 11.5 Å². The maximum Gasteiger partial charge on any atom is 0.253 e. The van der Waals surface area contributed by atoms with Gasteiger partial charge in [0.2, 0.25) is 0 Å². The van der Waals surface area contributed by atoms with Crippen molar-refractivity contribution in [3.05, 3.63) is 128 Å². The van der Waals surface area contributed by atoms with Gasteiger partial charge in [-0.05, 0) is 60.7 Å². The summed E-state index contributed by atoms with van der Waals surface area (Å²) in [6, 6.07) is 21.5. The molecule has 0 spiro atoms. The quantitative estimate of drug-likeness (QED) is 0.409. The van der Waals surface area contributed by atoms with E-state index in [4.69, 9.17) is 5.73 Å². The van der Waals surface area contributed by atoms with Gasteiger partial charge in [-0.25, -0.2) is 0 Å². The molecule has 0 unspecified atom stereocenters. The molecule has 2 aromatic heterocycles. The van der Waals surface area contributed by atoms with Gasteiger partial charge in [0.1, 0.15) is 0 Å². The lowest BCUT2D eigenvalue weighted by Gasteiger charge is -2.12. The largest absolute Gasteiger partial charge is 0.348 e. The molecule has 0 aliphatic heterocycles. The van der Waals surface area contributed by atoms with Crippen molar-refractivity contribution >= 4 is 5.91 Å². The number of benzene rings is 2. The van der Waals surface area contributed by atoms with Gasteiger partial charge in [0.05, 0.1) is 12.1 Å². The molecule has 0 aliphatic rings. The number of aromatic nitrogens is 2. The van der Waals surface area contributed by atoms with Crippen LogP contribution in [0.1, 0.15) is 49.6 Å². The van der Waals surface area contributed by atoms with E-state index in [1.807, 2.05) is 45.0 Å². The molecule has 0 saturated carbocycles. The first-order valence-electron chi connectivity index (χ1n) is 11.8. The van der Waals surface area contributed by atoms with Crippen LogP contribution >= 0.6 is 0 Å². The standard InChI is InChI=1S/C29H32N4O2/c1-20-14-25(16-30)11-12-26(20)17-31-29(35)27-15-21(2)33(22(27)3)19-24-9-7-23(8-10-24)18-32-13-5-4-6-28(32)34/h4-15H,16-19,30H2,1-3H3,(H,31,35). The van der Waals surface area contributed by atoms with Crippen LogP contribution in [0.15, 0.2) is 77.7 Å². The highest BCUT2D eigenvalue weighted by Gasteiger charge is 2.16. The third-order valence-corrected chi connectivity index (χ3v) is 6.52. The van der Waals surface area contributed by atoms with Crippen LogP contribution in [0.3, 0.4) is 0 Å². The van der Waals surface area contributed by atoms with Crippen LogP contribution in [0.5, 0.6) is 0 Å². The van der Waals surface area contributed by atoms with Crippen LogP contribution in [0, 0.1) is 20.8 Å². The number of amides is 1. The van der Waals surface area contributed by atoms with Crippen molar-refractivity contribution in [2.24, 2.45) is 5.73 Å². The van der Waals surface area contributed by atoms with Gasteiger partial charge < -0.3 is 20.2 Å². The second-order valence-corrected chi connectivity index (χ2v) is 9.00. The van der Waals surface area contributed by atoms with Crippen molar-refractivity contribution in [1.29, 1.82) is 0 Å². The second kappa shape index (κ2) is 10.6. The molecule has 0 radical (unpaired) electrons. The second-order valence-electron chi connectivity index (χ2n) is 9.00. The molecule has 4 aromatic rings. The van der Waals surface area contributed by atoms with Crippen LogP contribution in [-0.4, -0.2) is 15.0 Å². The number of nitrogens with zero attached hydrogens (tertiary/aromatic N) is 2. The van der Waals surface area contributed by atoms with Crippen LogP contribution in [0.4, 0.5) is 0 Å². The van der Waals surface area contributed by atoms with Crippen molar-refractivity contribution in [2.75, 3.05) is 0 Å². The van der Waals surface area contributed by atoms with Gasteiger partial charge in [-0.15, -0.1) is 0 Å². The number of pyridine rings is 1. The molecule has 3 N–H and O–H groups in total. The highest BCUT2D eigenvalue weighted by molar-refractivity contribution is 5.95. The maximum absolute atomic E-state index is 13.0. The molecule has 2 aromatic carbocycles. The number of carbonyl (C=O) groups is 1. The molecule has 35 heavy (non-hydrogen) atoms. The minimum absolute atomic E-state index is 0.0105. The van der Waals surface area contributed by atoms with Crippen LogP contribution < -0.4 is 16.6 Å². The molecular weight excluding hydrogens is 436 g/mol. The summed E-state index contributed by atoms with van der Waals surface area (Å²) in [7, 11) is 0. The topological polar surface area (TPSA) is 82.0 Å². The Labute approximate surface area is 206 Å². The van der Waals surface area contributed by atoms with Crippen LogP contribution in [-0.2, 0) is 26.2 Å². The zero-order valence-corrected chi connectivity index (χ0v) is 20.5. The molecule has 0 saturated heterocycles. The van der Waals surface area contributed by atoms with E-state index in [-0.39, 0.29) is 11.5 Å². The van der Waals surface area contributed by atoms with Crippen LogP contribution in [0.25, 0.3) is 0 Å². The Kier molecular flexibility index (Phi) is 7.32. The predicted octanol–water partition coefficient (Wildman–Crippen LogP) is 4.06. The third-order valence-electron chi connectivity index (χ3n) is 6.52. The van der Waals surface area contributed by atoms with Crippen LogP contribution in [0.2, 0.25) is 0 Å². The lowest BCUT2D eigenvalue weighted by Crippen LogP contribution is -2.24. The van der Waals surface area contributed by atoms with Gasteiger partial charge in [0, 0.05) is 43.3 Å². The fraction of sp³-hybridized carbons (Fsp3) is 0.241. The molecule has 6 heteroatoms. The molecule has 0 atom stereocenters. The molecule has 0 aliphatic carbocycles. The number of hydrogen-bond acceptors (Lipinski definition) is 3. The summed E-state index contributed by atoms with van der Waals surface area (Å²) in [5.41, 5.74) is 13.9. The molecule has 0 fully saturated rings. The Bertz CT molecular complexity index is 1400. The lowest BCUT2D eigenvalue weighted by atomic mass is 10.0. The average Bonchev–Trinajstić information content (AvgIpc) is 3.14. The van der Waals surface area contributed by atoms with E-state index < -0.39 is 0 Å². The molecule has 0 bridgehead atoms. The number of hydrogen-bond donors (Lipinski definition) is 2. The monoisotopic (exact) mass is 468 g/mol. The number of nitrogens with two attached hydrogens (primary N) is 1. The van der Waals surface area contributed by atoms with E-state index >= 15 is 0 Å². The van der Waals surface area contributed by atoms with Crippen molar-refractivity contribution in [2.45, 2.75) is 47.0 Å². The lowest BCUT2D eigenvalue weighted by molar-refractivity contribution is 0.0950. The molecule has 180 valence electrons. The Hall–Kier alpha value is -3.90.